The monoisotopic (exact) mass is 1240 g/mol. The van der Waals surface area contributed by atoms with Crippen molar-refractivity contribution in [2.24, 2.45) is 120 Å². The summed E-state index contributed by atoms with van der Waals surface area (Å²) in [5.41, 5.74) is 4.21. The highest BCUT2D eigenvalue weighted by Crippen LogP contribution is 2.38. The van der Waals surface area contributed by atoms with Gasteiger partial charge in [-0.2, -0.15) is 0 Å². The Morgan fingerprint density at radius 3 is 0.747 bits per heavy atom. The average molecular weight is 1240 g/mol. The zero-order valence-electron chi connectivity index (χ0n) is 71.4. The third kappa shape index (κ3) is 76.6. The minimum absolute atomic E-state index is 0.437. The quantitative estimate of drug-likeness (QED) is 0.227. The van der Waals surface area contributed by atoms with Gasteiger partial charge in [0.1, 0.15) is 0 Å². The standard InChI is InChI=1S/3C8H18.4C7H14.5C7H16/c1-7(2,3)8(4,5)6;1-6-7(2)8(3,4)5;1-6(2)8(5)7(3)4;1-6-3-4-7(2)5-6;1-7(2)5-3-4-6-7;1-6-4-3-5-7(6)2;1-7-5-3-2-4-6-7;2*1-6(2)7(3,4)5;1-5-6-7(2,3)4;1-5-7(3,4)6-2;1-5-7(4)6(2)3/h1-6H3;7H,6H2,1-5H3;6-8H,1-5H3;6-7H,3-5H2,1-2H3;3-6H2,1-2H3;6-7H,3-5H2,1-2H3;7H,2-6H2,1H3;2*6H,1-5H3;2*5-6H2,1-4H3;6-7H,5H2,1-4H3/t;;;6-,7?;;;;;;;;/m...1......../s1. The maximum Gasteiger partial charge on any atom is -0.0334 e. The summed E-state index contributed by atoms with van der Waals surface area (Å²) in [6, 6.07) is 0. The number of rotatable bonds is 8. The first-order valence-electron chi connectivity index (χ1n) is 38.7. The summed E-state index contributed by atoms with van der Waals surface area (Å²) in [7, 11) is 0. The van der Waals surface area contributed by atoms with Crippen LogP contribution >= 0.6 is 0 Å². The van der Waals surface area contributed by atoms with Gasteiger partial charge in [0.05, 0.1) is 0 Å². The fourth-order valence-electron chi connectivity index (χ4n) is 8.31. The normalized spacial score (nSPS) is 20.2. The summed E-state index contributed by atoms with van der Waals surface area (Å²) >= 11 is 0. The van der Waals surface area contributed by atoms with Gasteiger partial charge in [0.15, 0.2) is 0 Å². The molecule has 0 radical (unpaired) electrons. The molecule has 4 rings (SSSR count). The highest BCUT2D eigenvalue weighted by Gasteiger charge is 2.27. The molecule has 0 aromatic carbocycles. The Bertz CT molecular complexity index is 1300. The molecule has 0 bridgehead atoms. The zero-order valence-corrected chi connectivity index (χ0v) is 71.4. The second-order valence-corrected chi connectivity index (χ2v) is 39.4. The van der Waals surface area contributed by atoms with Gasteiger partial charge in [-0.15, -0.1) is 0 Å². The second kappa shape index (κ2) is 53.3. The van der Waals surface area contributed by atoms with Crippen LogP contribution in [-0.2, 0) is 0 Å². The van der Waals surface area contributed by atoms with E-state index in [4.69, 9.17) is 0 Å². The Labute approximate surface area is 563 Å². The van der Waals surface area contributed by atoms with E-state index in [9.17, 15) is 0 Å². The van der Waals surface area contributed by atoms with Gasteiger partial charge in [0, 0.05) is 0 Å². The molecule has 0 spiro atoms. The lowest BCUT2D eigenvalue weighted by atomic mass is 9.71. The summed E-state index contributed by atoms with van der Waals surface area (Å²) in [5.74, 6) is 11.9. The van der Waals surface area contributed by atoms with Crippen molar-refractivity contribution in [3.05, 3.63) is 0 Å². The van der Waals surface area contributed by atoms with E-state index in [0.717, 1.165) is 76.9 Å². The molecule has 0 N–H and O–H groups in total. The molecule has 0 heteroatoms. The van der Waals surface area contributed by atoms with E-state index in [0.29, 0.717) is 43.3 Å². The van der Waals surface area contributed by atoms with Crippen molar-refractivity contribution >= 4 is 0 Å². The van der Waals surface area contributed by atoms with E-state index in [1.54, 1.807) is 0 Å². The number of hydrogen-bond donors (Lipinski definition) is 0. The molecule has 0 saturated heterocycles. The Morgan fingerprint density at radius 2 is 0.690 bits per heavy atom. The molecule has 0 aliphatic heterocycles. The fourth-order valence-corrected chi connectivity index (χ4v) is 8.31. The lowest BCUT2D eigenvalue weighted by Crippen LogP contribution is -2.25. The predicted octanol–water partition coefficient (Wildman–Crippen LogP) is 32.9. The van der Waals surface area contributed by atoms with Gasteiger partial charge in [0.25, 0.3) is 0 Å². The summed E-state index contributed by atoms with van der Waals surface area (Å²) in [6.45, 7) is 103. The minimum Gasteiger partial charge on any atom is -0.0654 e. The zero-order chi connectivity index (χ0) is 71.4. The van der Waals surface area contributed by atoms with E-state index in [-0.39, 0.29) is 0 Å². The van der Waals surface area contributed by atoms with Crippen LogP contribution in [-0.4, -0.2) is 0 Å². The molecule has 4 saturated carbocycles. The van der Waals surface area contributed by atoms with E-state index < -0.39 is 0 Å². The summed E-state index contributed by atoms with van der Waals surface area (Å²) in [4.78, 5) is 0. The van der Waals surface area contributed by atoms with Gasteiger partial charge in [-0.3, -0.25) is 0 Å². The molecule has 87 heavy (non-hydrogen) atoms. The van der Waals surface area contributed by atoms with Crippen LogP contribution in [0.3, 0.4) is 0 Å². The fraction of sp³-hybridized carbons (Fsp3) is 1.00. The highest BCUT2D eigenvalue weighted by molar-refractivity contribution is 4.77. The molecule has 538 valence electrons. The first-order valence-corrected chi connectivity index (χ1v) is 38.7. The Balaban J connectivity index is -0.000000130. The van der Waals surface area contributed by atoms with E-state index in [1.807, 2.05) is 0 Å². The van der Waals surface area contributed by atoms with Crippen molar-refractivity contribution in [3.8, 4) is 0 Å². The van der Waals surface area contributed by atoms with Crippen molar-refractivity contribution in [1.29, 1.82) is 0 Å². The first-order chi connectivity index (χ1) is 38.7. The Kier molecular flexibility index (Phi) is 63.1. The molecule has 4 aliphatic carbocycles. The topological polar surface area (TPSA) is 0 Å². The first kappa shape index (κ1) is 103. The lowest BCUT2D eigenvalue weighted by Gasteiger charge is -2.34. The maximum atomic E-state index is 2.36. The van der Waals surface area contributed by atoms with Gasteiger partial charge in [0.2, 0.25) is 0 Å². The molecular weight excluding hydrogens is 1040 g/mol. The van der Waals surface area contributed by atoms with E-state index in [1.165, 1.54) is 135 Å². The molecule has 5 unspecified atom stereocenters. The minimum atomic E-state index is 0.437. The van der Waals surface area contributed by atoms with Crippen LogP contribution in [0.4, 0.5) is 0 Å². The third-order valence-electron chi connectivity index (χ3n) is 22.7. The van der Waals surface area contributed by atoms with Crippen molar-refractivity contribution in [2.75, 3.05) is 0 Å². The van der Waals surface area contributed by atoms with Crippen LogP contribution in [0, 0.1) is 120 Å². The molecule has 4 aliphatic rings. The van der Waals surface area contributed by atoms with E-state index in [2.05, 4.69) is 312 Å². The molecule has 6 atom stereocenters. The van der Waals surface area contributed by atoms with Crippen LogP contribution in [0.2, 0.25) is 0 Å². The lowest BCUT2D eigenvalue weighted by molar-refractivity contribution is 0.157. The van der Waals surface area contributed by atoms with Crippen LogP contribution in [0.15, 0.2) is 0 Å². The molecule has 0 aromatic rings. The smallest absolute Gasteiger partial charge is 0.0334 e. The van der Waals surface area contributed by atoms with Crippen LogP contribution in [0.25, 0.3) is 0 Å². The van der Waals surface area contributed by atoms with Crippen molar-refractivity contribution < 1.29 is 0 Å². The summed E-state index contributed by atoms with van der Waals surface area (Å²) in [5, 5.41) is 0. The van der Waals surface area contributed by atoms with Crippen molar-refractivity contribution in [2.45, 2.75) is 446 Å². The van der Waals surface area contributed by atoms with Crippen LogP contribution < -0.4 is 0 Å². The van der Waals surface area contributed by atoms with Gasteiger partial charge in [-0.1, -0.05) is 421 Å². The molecule has 0 amide bonds. The Hall–Kier alpha value is 0. The van der Waals surface area contributed by atoms with Gasteiger partial charge in [-0.05, 0) is 146 Å². The van der Waals surface area contributed by atoms with Gasteiger partial charge >= 0.3 is 0 Å². The highest BCUT2D eigenvalue weighted by atomic mass is 14.3. The molecule has 0 nitrogen and oxygen atoms in total. The third-order valence-corrected chi connectivity index (χ3v) is 22.7. The van der Waals surface area contributed by atoms with Crippen molar-refractivity contribution in [3.63, 3.8) is 0 Å². The van der Waals surface area contributed by atoms with Crippen molar-refractivity contribution in [1.82, 2.24) is 0 Å². The molecular formula is C87H190. The summed E-state index contributed by atoms with van der Waals surface area (Å²) in [6.07, 6.45) is 30.0. The molecule has 0 aromatic heterocycles. The second-order valence-electron chi connectivity index (χ2n) is 39.4. The molecule has 0 heterocycles. The maximum absolute atomic E-state index is 2.36. The van der Waals surface area contributed by atoms with Gasteiger partial charge < -0.3 is 0 Å². The molecule has 4 fully saturated rings. The largest absolute Gasteiger partial charge is 0.0654 e. The predicted molar refractivity (Wildman–Crippen MR) is 417 cm³/mol. The Morgan fingerprint density at radius 1 is 0.368 bits per heavy atom. The van der Waals surface area contributed by atoms with E-state index >= 15 is 0 Å². The van der Waals surface area contributed by atoms with Crippen LogP contribution in [0.5, 0.6) is 0 Å². The average Bonchev–Trinajstić information content (AvgIpc) is 4.09. The van der Waals surface area contributed by atoms with Gasteiger partial charge in [-0.25, -0.2) is 0 Å². The SMILES string of the molecule is CC(C)(C)C(C)(C)C.CC(C)C(C)(C)C.CC(C)C(C)(C)C.CC(C)C(C)C(C)C.CC1(C)CCCC1.CC1CCCC1C.CC1CCCCC1.CC1CC[C@@H](C)C1.CCC(C)(C)CC.CCC(C)C(C)(C)C.CCC(C)C(C)C.CCCC(C)(C)C. The number of hydrogen-bond acceptors (Lipinski definition) is 0. The summed E-state index contributed by atoms with van der Waals surface area (Å²) < 4.78 is 0. The van der Waals surface area contributed by atoms with Crippen LogP contribution in [0.1, 0.15) is 446 Å².